The molecule has 0 aromatic heterocycles. The van der Waals surface area contributed by atoms with Crippen LogP contribution in [0.1, 0.15) is 24.2 Å². The van der Waals surface area contributed by atoms with E-state index >= 15 is 0 Å². The Bertz CT molecular complexity index is 499. The zero-order valence-electron chi connectivity index (χ0n) is 11.0. The van der Waals surface area contributed by atoms with Crippen LogP contribution in [0.4, 0.5) is 5.69 Å². The van der Waals surface area contributed by atoms with Gasteiger partial charge >= 0.3 is 5.69 Å². The fraction of sp³-hybridized carbons (Fsp3) is 0.417. The molecule has 0 unspecified atom stereocenters. The quantitative estimate of drug-likeness (QED) is 0.621. The summed E-state index contributed by atoms with van der Waals surface area (Å²) in [6, 6.07) is 3.79. The first kappa shape index (κ1) is 14.9. The van der Waals surface area contributed by atoms with E-state index in [1.807, 2.05) is 0 Å². The molecule has 1 aromatic rings. The van der Waals surface area contributed by atoms with Crippen LogP contribution in [0.5, 0.6) is 5.75 Å². The van der Waals surface area contributed by atoms with Gasteiger partial charge in [0.2, 0.25) is 5.75 Å². The number of aromatic hydroxyl groups is 1. The standard InChI is InChI=1S/C12H16N2O5/c1-12(2,19-3)7-13-11(16)8-5-4-6-9(10(8)15)14(17)18/h4-6,15H,7H2,1-3H3,(H,13,16). The van der Waals surface area contributed by atoms with Crippen LogP contribution in [0, 0.1) is 10.1 Å². The third-order valence-electron chi connectivity index (χ3n) is 2.68. The van der Waals surface area contributed by atoms with Crippen LogP contribution in [0.3, 0.4) is 0 Å². The Morgan fingerprint density at radius 3 is 2.68 bits per heavy atom. The van der Waals surface area contributed by atoms with Crippen LogP contribution in [0.2, 0.25) is 0 Å². The summed E-state index contributed by atoms with van der Waals surface area (Å²) in [6.07, 6.45) is 0. The van der Waals surface area contributed by atoms with E-state index in [2.05, 4.69) is 5.32 Å². The Morgan fingerprint density at radius 2 is 2.16 bits per heavy atom. The Labute approximate surface area is 110 Å². The van der Waals surface area contributed by atoms with E-state index < -0.39 is 27.9 Å². The first-order valence-electron chi connectivity index (χ1n) is 5.58. The average molecular weight is 268 g/mol. The number of phenols is 1. The summed E-state index contributed by atoms with van der Waals surface area (Å²) in [5.74, 6) is -1.23. The minimum absolute atomic E-state index is 0.138. The number of hydrogen-bond acceptors (Lipinski definition) is 5. The number of carbonyl (C=O) groups excluding carboxylic acids is 1. The molecule has 19 heavy (non-hydrogen) atoms. The molecule has 0 aliphatic rings. The minimum atomic E-state index is -0.745. The Morgan fingerprint density at radius 1 is 1.53 bits per heavy atom. The summed E-state index contributed by atoms with van der Waals surface area (Å²) in [5, 5.41) is 22.9. The van der Waals surface area contributed by atoms with Crippen LogP contribution < -0.4 is 5.32 Å². The van der Waals surface area contributed by atoms with Crippen molar-refractivity contribution in [3.05, 3.63) is 33.9 Å². The number of rotatable bonds is 5. The molecule has 1 rings (SSSR count). The molecular weight excluding hydrogens is 252 g/mol. The summed E-state index contributed by atoms with van der Waals surface area (Å²) in [5.41, 5.74) is -1.20. The van der Waals surface area contributed by atoms with E-state index in [0.29, 0.717) is 0 Å². The van der Waals surface area contributed by atoms with E-state index in [9.17, 15) is 20.0 Å². The lowest BCUT2D eigenvalue weighted by atomic mass is 10.1. The first-order valence-corrected chi connectivity index (χ1v) is 5.58. The second kappa shape index (κ2) is 5.66. The van der Waals surface area contributed by atoms with Crippen molar-refractivity contribution >= 4 is 11.6 Å². The van der Waals surface area contributed by atoms with Crippen molar-refractivity contribution in [2.75, 3.05) is 13.7 Å². The number of hydrogen-bond donors (Lipinski definition) is 2. The highest BCUT2D eigenvalue weighted by atomic mass is 16.6. The molecule has 0 heterocycles. The molecule has 0 saturated heterocycles. The van der Waals surface area contributed by atoms with Gasteiger partial charge in [-0.25, -0.2) is 0 Å². The van der Waals surface area contributed by atoms with Crippen molar-refractivity contribution in [2.24, 2.45) is 0 Å². The smallest absolute Gasteiger partial charge is 0.311 e. The van der Waals surface area contributed by atoms with Crippen molar-refractivity contribution in [3.63, 3.8) is 0 Å². The number of phenolic OH excluding ortho intramolecular Hbond substituents is 1. The van der Waals surface area contributed by atoms with Crippen molar-refractivity contribution in [1.82, 2.24) is 5.32 Å². The maximum absolute atomic E-state index is 11.9. The molecule has 7 nitrogen and oxygen atoms in total. The number of para-hydroxylation sites is 1. The average Bonchev–Trinajstić information content (AvgIpc) is 2.36. The molecule has 0 bridgehead atoms. The lowest BCUT2D eigenvalue weighted by Gasteiger charge is -2.23. The van der Waals surface area contributed by atoms with Gasteiger partial charge in [0.15, 0.2) is 0 Å². The third-order valence-corrected chi connectivity index (χ3v) is 2.68. The van der Waals surface area contributed by atoms with Crippen molar-refractivity contribution in [2.45, 2.75) is 19.4 Å². The number of nitro groups is 1. The molecule has 7 heteroatoms. The molecule has 104 valence electrons. The third kappa shape index (κ3) is 3.65. The van der Waals surface area contributed by atoms with Gasteiger partial charge in [-0.15, -0.1) is 0 Å². The summed E-state index contributed by atoms with van der Waals surface area (Å²) < 4.78 is 5.13. The number of ether oxygens (including phenoxy) is 1. The molecule has 0 spiro atoms. The van der Waals surface area contributed by atoms with Gasteiger partial charge in [0.1, 0.15) is 0 Å². The number of nitrogens with zero attached hydrogens (tertiary/aromatic N) is 1. The highest BCUT2D eigenvalue weighted by Gasteiger charge is 2.23. The molecule has 0 aliphatic carbocycles. The summed E-state index contributed by atoms with van der Waals surface area (Å²) >= 11 is 0. The predicted molar refractivity (Wildman–Crippen MR) is 68.2 cm³/mol. The van der Waals surface area contributed by atoms with E-state index in [4.69, 9.17) is 4.74 Å². The monoisotopic (exact) mass is 268 g/mol. The van der Waals surface area contributed by atoms with E-state index in [1.165, 1.54) is 19.2 Å². The highest BCUT2D eigenvalue weighted by molar-refractivity contribution is 5.98. The van der Waals surface area contributed by atoms with Crippen molar-refractivity contribution in [1.29, 1.82) is 0 Å². The predicted octanol–water partition coefficient (Wildman–Crippen LogP) is 1.46. The van der Waals surface area contributed by atoms with E-state index in [-0.39, 0.29) is 12.1 Å². The summed E-state index contributed by atoms with van der Waals surface area (Å²) in [6.45, 7) is 3.77. The highest BCUT2D eigenvalue weighted by Crippen LogP contribution is 2.29. The minimum Gasteiger partial charge on any atom is -0.502 e. The SMILES string of the molecule is COC(C)(C)CNC(=O)c1cccc([N+](=O)[O-])c1O. The second-order valence-corrected chi connectivity index (χ2v) is 4.58. The van der Waals surface area contributed by atoms with Gasteiger partial charge < -0.3 is 15.2 Å². The molecule has 1 aromatic carbocycles. The number of amides is 1. The molecule has 0 saturated carbocycles. The number of methoxy groups -OCH3 is 1. The second-order valence-electron chi connectivity index (χ2n) is 4.58. The van der Waals surface area contributed by atoms with Crippen LogP contribution in [-0.4, -0.2) is 35.2 Å². The number of nitrogens with one attached hydrogen (secondary N) is 1. The molecule has 2 N–H and O–H groups in total. The summed E-state index contributed by atoms with van der Waals surface area (Å²) in [4.78, 5) is 21.8. The van der Waals surface area contributed by atoms with E-state index in [1.54, 1.807) is 13.8 Å². The topological polar surface area (TPSA) is 102 Å². The van der Waals surface area contributed by atoms with Gasteiger partial charge in [0, 0.05) is 19.7 Å². The van der Waals surface area contributed by atoms with Gasteiger partial charge in [-0.3, -0.25) is 14.9 Å². The molecule has 1 amide bonds. The molecule has 0 fully saturated rings. The Hall–Kier alpha value is -2.15. The van der Waals surface area contributed by atoms with Crippen molar-refractivity contribution in [3.8, 4) is 5.75 Å². The zero-order valence-corrected chi connectivity index (χ0v) is 11.0. The van der Waals surface area contributed by atoms with Crippen LogP contribution >= 0.6 is 0 Å². The lowest BCUT2D eigenvalue weighted by molar-refractivity contribution is -0.385. The zero-order chi connectivity index (χ0) is 14.6. The van der Waals surface area contributed by atoms with Gasteiger partial charge in [0.25, 0.3) is 5.91 Å². The van der Waals surface area contributed by atoms with Crippen LogP contribution in [0.15, 0.2) is 18.2 Å². The van der Waals surface area contributed by atoms with Crippen LogP contribution in [-0.2, 0) is 4.74 Å². The van der Waals surface area contributed by atoms with Gasteiger partial charge in [-0.1, -0.05) is 6.07 Å². The fourth-order valence-corrected chi connectivity index (χ4v) is 1.32. The molecule has 0 aliphatic heterocycles. The first-order chi connectivity index (χ1) is 8.78. The van der Waals surface area contributed by atoms with Gasteiger partial charge in [0.05, 0.1) is 16.1 Å². The van der Waals surface area contributed by atoms with Crippen LogP contribution in [0.25, 0.3) is 0 Å². The lowest BCUT2D eigenvalue weighted by Crippen LogP contribution is -2.39. The van der Waals surface area contributed by atoms with Gasteiger partial charge in [-0.05, 0) is 19.9 Å². The van der Waals surface area contributed by atoms with E-state index in [0.717, 1.165) is 6.07 Å². The Kier molecular flexibility index (Phi) is 4.44. The number of nitro benzene ring substituents is 1. The largest absolute Gasteiger partial charge is 0.502 e. The fourth-order valence-electron chi connectivity index (χ4n) is 1.32. The molecule has 0 atom stereocenters. The maximum atomic E-state index is 11.9. The van der Waals surface area contributed by atoms with Crippen molar-refractivity contribution < 1.29 is 19.6 Å². The van der Waals surface area contributed by atoms with Gasteiger partial charge in [-0.2, -0.15) is 0 Å². The molecule has 0 radical (unpaired) electrons. The summed E-state index contributed by atoms with van der Waals surface area (Å²) in [7, 11) is 1.51. The normalized spacial score (nSPS) is 11.1. The Balaban J connectivity index is 2.89. The maximum Gasteiger partial charge on any atom is 0.311 e. The molecular formula is C12H16N2O5. The number of benzene rings is 1. The number of carbonyl (C=O) groups is 1.